The van der Waals surface area contributed by atoms with E-state index in [4.69, 9.17) is 14.5 Å². The van der Waals surface area contributed by atoms with E-state index in [1.807, 2.05) is 0 Å². The number of nitrogens with one attached hydrogen (secondary N) is 2. The maximum Gasteiger partial charge on any atom is 0.191 e. The molecule has 3 rings (SSSR count). The predicted molar refractivity (Wildman–Crippen MR) is 127 cm³/mol. The molecule has 0 saturated carbocycles. The number of guanidine groups is 1. The molecule has 2 fully saturated rings. The van der Waals surface area contributed by atoms with Crippen LogP contribution >= 0.6 is 0 Å². The van der Waals surface area contributed by atoms with Gasteiger partial charge in [-0.05, 0) is 18.4 Å². The van der Waals surface area contributed by atoms with Crippen LogP contribution in [0.1, 0.15) is 32.4 Å². The number of benzene rings is 1. The second-order valence-electron chi connectivity index (χ2n) is 8.64. The molecule has 0 bridgehead atoms. The molecule has 1 aromatic carbocycles. The van der Waals surface area contributed by atoms with Crippen LogP contribution in [0.15, 0.2) is 35.3 Å². The van der Waals surface area contributed by atoms with E-state index in [-0.39, 0.29) is 0 Å². The van der Waals surface area contributed by atoms with Crippen molar-refractivity contribution < 1.29 is 9.47 Å². The normalized spacial score (nSPS) is 21.1. The first kappa shape index (κ1) is 24.0. The first-order valence-corrected chi connectivity index (χ1v) is 11.9. The lowest BCUT2D eigenvalue weighted by molar-refractivity contribution is 0.00865. The highest BCUT2D eigenvalue weighted by Gasteiger charge is 2.25. The number of morpholine rings is 2. The Morgan fingerprint density at radius 1 is 0.935 bits per heavy atom. The third-order valence-electron chi connectivity index (χ3n) is 6.20. The summed E-state index contributed by atoms with van der Waals surface area (Å²) in [5.74, 6) is 1.45. The minimum absolute atomic E-state index is 0.300. The van der Waals surface area contributed by atoms with Crippen molar-refractivity contribution >= 4 is 5.96 Å². The number of hydrogen-bond donors (Lipinski definition) is 2. The Labute approximate surface area is 188 Å². The molecule has 2 aliphatic heterocycles. The van der Waals surface area contributed by atoms with Gasteiger partial charge < -0.3 is 20.1 Å². The van der Waals surface area contributed by atoms with Crippen LogP contribution in [0.2, 0.25) is 0 Å². The number of hydrogen-bond acceptors (Lipinski definition) is 5. The second-order valence-corrected chi connectivity index (χ2v) is 8.64. The van der Waals surface area contributed by atoms with Gasteiger partial charge in [0.05, 0.1) is 39.0 Å². The standard InChI is InChI=1S/C24H41N5O2/c1-4-25-24(26-18-22(20(2)3)28-10-14-30-15-11-28)27-19-23(21-8-6-5-7-9-21)29-12-16-31-17-13-29/h5-9,20,22-23H,4,10-19H2,1-3H3,(H2,25,26,27). The van der Waals surface area contributed by atoms with Gasteiger partial charge >= 0.3 is 0 Å². The molecule has 0 aromatic heterocycles. The van der Waals surface area contributed by atoms with Gasteiger partial charge in [0.15, 0.2) is 5.96 Å². The Bertz CT molecular complexity index is 643. The fraction of sp³-hybridized carbons (Fsp3) is 0.708. The van der Waals surface area contributed by atoms with Gasteiger partial charge in [0.25, 0.3) is 0 Å². The van der Waals surface area contributed by atoms with Crippen LogP contribution in [0.25, 0.3) is 0 Å². The molecule has 0 spiro atoms. The Balaban J connectivity index is 1.66. The minimum Gasteiger partial charge on any atom is -0.379 e. The van der Waals surface area contributed by atoms with Crippen molar-refractivity contribution in [2.24, 2.45) is 10.9 Å². The Hall–Kier alpha value is -1.67. The van der Waals surface area contributed by atoms with E-state index >= 15 is 0 Å². The van der Waals surface area contributed by atoms with Gasteiger partial charge in [0.1, 0.15) is 0 Å². The van der Waals surface area contributed by atoms with Crippen LogP contribution in [0.3, 0.4) is 0 Å². The van der Waals surface area contributed by atoms with E-state index in [0.29, 0.717) is 18.0 Å². The van der Waals surface area contributed by atoms with Crippen molar-refractivity contribution in [1.29, 1.82) is 0 Å². The van der Waals surface area contributed by atoms with E-state index in [1.165, 1.54) is 5.56 Å². The van der Waals surface area contributed by atoms with Gasteiger partial charge in [0, 0.05) is 45.3 Å². The summed E-state index contributed by atoms with van der Waals surface area (Å²) in [7, 11) is 0. The van der Waals surface area contributed by atoms with Crippen molar-refractivity contribution in [3.8, 4) is 0 Å². The van der Waals surface area contributed by atoms with Gasteiger partial charge in [0.2, 0.25) is 0 Å². The average molecular weight is 432 g/mol. The van der Waals surface area contributed by atoms with Crippen molar-refractivity contribution in [3.63, 3.8) is 0 Å². The highest BCUT2D eigenvalue weighted by atomic mass is 16.5. The Morgan fingerprint density at radius 2 is 1.55 bits per heavy atom. The van der Waals surface area contributed by atoms with Crippen LogP contribution in [-0.2, 0) is 9.47 Å². The average Bonchev–Trinajstić information content (AvgIpc) is 2.81. The van der Waals surface area contributed by atoms with Crippen molar-refractivity contribution in [2.75, 3.05) is 72.2 Å². The largest absolute Gasteiger partial charge is 0.379 e. The summed E-state index contributed by atoms with van der Waals surface area (Å²) >= 11 is 0. The second kappa shape index (κ2) is 13.0. The van der Waals surface area contributed by atoms with Crippen molar-refractivity contribution in [3.05, 3.63) is 35.9 Å². The van der Waals surface area contributed by atoms with E-state index in [9.17, 15) is 0 Å². The maximum absolute atomic E-state index is 5.58. The van der Waals surface area contributed by atoms with Gasteiger partial charge in [-0.1, -0.05) is 44.2 Å². The molecule has 2 saturated heterocycles. The molecular weight excluding hydrogens is 390 g/mol. The predicted octanol–water partition coefficient (Wildman–Crippen LogP) is 1.97. The van der Waals surface area contributed by atoms with E-state index in [0.717, 1.165) is 78.2 Å². The molecule has 2 N–H and O–H groups in total. The van der Waals surface area contributed by atoms with Gasteiger partial charge in [-0.25, -0.2) is 0 Å². The zero-order valence-corrected chi connectivity index (χ0v) is 19.6. The van der Waals surface area contributed by atoms with Crippen molar-refractivity contribution in [2.45, 2.75) is 32.9 Å². The van der Waals surface area contributed by atoms with Gasteiger partial charge in [-0.3, -0.25) is 14.8 Å². The molecular formula is C24H41N5O2. The van der Waals surface area contributed by atoms with E-state index < -0.39 is 0 Å². The molecule has 1 aromatic rings. The number of aliphatic imine (C=N–C) groups is 1. The smallest absolute Gasteiger partial charge is 0.191 e. The summed E-state index contributed by atoms with van der Waals surface area (Å²) < 4.78 is 11.1. The lowest BCUT2D eigenvalue weighted by atomic mass is 10.0. The first-order valence-electron chi connectivity index (χ1n) is 11.9. The molecule has 2 heterocycles. The lowest BCUT2D eigenvalue weighted by Gasteiger charge is -2.36. The summed E-state index contributed by atoms with van der Waals surface area (Å²) in [6.45, 7) is 16.3. The lowest BCUT2D eigenvalue weighted by Crippen LogP contribution is -2.49. The maximum atomic E-state index is 5.58. The quantitative estimate of drug-likeness (QED) is 0.461. The third-order valence-corrected chi connectivity index (χ3v) is 6.20. The van der Waals surface area contributed by atoms with Crippen LogP contribution in [0.4, 0.5) is 0 Å². The van der Waals surface area contributed by atoms with Crippen LogP contribution in [0, 0.1) is 5.92 Å². The number of ether oxygens (including phenoxy) is 2. The van der Waals surface area contributed by atoms with Crippen molar-refractivity contribution in [1.82, 2.24) is 20.4 Å². The molecule has 7 heteroatoms. The molecule has 174 valence electrons. The SMILES string of the molecule is CCNC(=NCC(C(C)C)N1CCOCC1)NCC(c1ccccc1)N1CCOCC1. The van der Waals surface area contributed by atoms with Gasteiger partial charge in [-0.2, -0.15) is 0 Å². The zero-order chi connectivity index (χ0) is 21.9. The Morgan fingerprint density at radius 3 is 2.13 bits per heavy atom. The van der Waals surface area contributed by atoms with Crippen LogP contribution < -0.4 is 10.6 Å². The first-order chi connectivity index (χ1) is 15.2. The van der Waals surface area contributed by atoms with Gasteiger partial charge in [-0.15, -0.1) is 0 Å². The molecule has 2 aliphatic rings. The van der Waals surface area contributed by atoms with Crippen LogP contribution in [-0.4, -0.2) is 94.0 Å². The molecule has 7 nitrogen and oxygen atoms in total. The fourth-order valence-corrected chi connectivity index (χ4v) is 4.40. The fourth-order valence-electron chi connectivity index (χ4n) is 4.40. The minimum atomic E-state index is 0.300. The molecule has 2 atom stereocenters. The highest BCUT2D eigenvalue weighted by molar-refractivity contribution is 5.79. The summed E-state index contributed by atoms with van der Waals surface area (Å²) in [5.41, 5.74) is 1.33. The summed E-state index contributed by atoms with van der Waals surface area (Å²) in [5, 5.41) is 7.07. The summed E-state index contributed by atoms with van der Waals surface area (Å²) in [4.78, 5) is 10.0. The molecule has 0 aliphatic carbocycles. The monoisotopic (exact) mass is 431 g/mol. The molecule has 31 heavy (non-hydrogen) atoms. The van der Waals surface area contributed by atoms with Crippen LogP contribution in [0.5, 0.6) is 0 Å². The molecule has 0 radical (unpaired) electrons. The summed E-state index contributed by atoms with van der Waals surface area (Å²) in [6.07, 6.45) is 0. The topological polar surface area (TPSA) is 61.4 Å². The summed E-state index contributed by atoms with van der Waals surface area (Å²) in [6, 6.07) is 11.5. The molecule has 0 amide bonds. The number of rotatable bonds is 9. The third kappa shape index (κ3) is 7.45. The molecule has 2 unspecified atom stereocenters. The number of nitrogens with zero attached hydrogens (tertiary/aromatic N) is 3. The van der Waals surface area contributed by atoms with E-state index in [1.54, 1.807) is 0 Å². The Kier molecular flexibility index (Phi) is 10.1. The zero-order valence-electron chi connectivity index (χ0n) is 19.6. The van der Waals surface area contributed by atoms with E-state index in [2.05, 4.69) is 71.5 Å². The highest BCUT2D eigenvalue weighted by Crippen LogP contribution is 2.21.